The summed E-state index contributed by atoms with van der Waals surface area (Å²) in [6.07, 6.45) is -3.09. The van der Waals surface area contributed by atoms with Crippen LogP contribution in [0.1, 0.15) is 28.7 Å². The first-order chi connectivity index (χ1) is 19.4. The number of ether oxygens (including phenoxy) is 2. The first-order valence-corrected chi connectivity index (χ1v) is 12.2. The second-order valence-corrected chi connectivity index (χ2v) is 8.90. The van der Waals surface area contributed by atoms with E-state index in [1.54, 1.807) is 6.92 Å². The van der Waals surface area contributed by atoms with E-state index in [0.29, 0.717) is 5.65 Å². The lowest BCUT2D eigenvalue weighted by Crippen LogP contribution is -2.51. The minimum absolute atomic E-state index is 0.0455. The zero-order valence-electron chi connectivity index (χ0n) is 21.8. The zero-order valence-corrected chi connectivity index (χ0v) is 21.8. The van der Waals surface area contributed by atoms with E-state index in [9.17, 15) is 32.3 Å². The smallest absolute Gasteiger partial charge is 0.424 e. The molecule has 1 aromatic carbocycles. The van der Waals surface area contributed by atoms with Crippen LogP contribution >= 0.6 is 0 Å². The molecule has 3 heterocycles. The van der Waals surface area contributed by atoms with Gasteiger partial charge in [-0.25, -0.2) is 14.4 Å². The molecule has 2 amide bonds. The third kappa shape index (κ3) is 5.91. The average molecular weight is 576 g/mol. The van der Waals surface area contributed by atoms with Crippen LogP contribution in [0.4, 0.5) is 17.6 Å². The summed E-state index contributed by atoms with van der Waals surface area (Å²) in [4.78, 5) is 33.0. The molecule has 216 valence electrons. The Morgan fingerprint density at radius 1 is 1.15 bits per heavy atom. The molecule has 0 saturated heterocycles. The predicted molar refractivity (Wildman–Crippen MR) is 138 cm³/mol. The second kappa shape index (κ2) is 11.4. The molecule has 0 aliphatic carbocycles. The van der Waals surface area contributed by atoms with Gasteiger partial charge in [0.1, 0.15) is 34.4 Å². The van der Waals surface area contributed by atoms with Gasteiger partial charge in [0.25, 0.3) is 5.91 Å². The van der Waals surface area contributed by atoms with Gasteiger partial charge in [-0.05, 0) is 37.3 Å². The van der Waals surface area contributed by atoms with Gasteiger partial charge in [0, 0.05) is 35.7 Å². The van der Waals surface area contributed by atoms with Crippen molar-refractivity contribution in [1.82, 2.24) is 19.7 Å². The summed E-state index contributed by atoms with van der Waals surface area (Å²) in [7, 11) is 1.35. The maximum Gasteiger partial charge on any atom is 0.424 e. The number of carbonyl (C=O) groups excluding carboxylic acids is 2. The maximum absolute atomic E-state index is 14.5. The zero-order chi connectivity index (χ0) is 29.9. The standard InChI is InChI=1S/C27H25F4N5O5/c1-3-41-24-16(11-21(32)37)10-20(35-23(24)15-4-6-17(28)7-5-15)26(39,27(29,30)31)14-34-25(38)19-12-18(40-2)13-22-33-8-9-36(19)22/h4-10,12-13,39H,3,11,14H2,1-2H3,(H2,32,37)(H,34,38)/t26-/m0/s1. The Hall–Kier alpha value is -4.72. The SMILES string of the molecule is CCOc1c(CC(N)=O)cc([C@@](O)(CNC(=O)c2cc(OC)cc3nccn23)C(F)(F)F)nc1-c1ccc(F)cc1. The van der Waals surface area contributed by atoms with Gasteiger partial charge >= 0.3 is 6.18 Å². The van der Waals surface area contributed by atoms with E-state index >= 15 is 0 Å². The highest BCUT2D eigenvalue weighted by Crippen LogP contribution is 2.42. The molecule has 14 heteroatoms. The Balaban J connectivity index is 1.82. The van der Waals surface area contributed by atoms with Crippen molar-refractivity contribution in [3.8, 4) is 22.8 Å². The number of nitrogens with one attached hydrogen (secondary N) is 1. The summed E-state index contributed by atoms with van der Waals surface area (Å²) < 4.78 is 69.3. The maximum atomic E-state index is 14.5. The van der Waals surface area contributed by atoms with Crippen LogP contribution in [0.3, 0.4) is 0 Å². The van der Waals surface area contributed by atoms with Gasteiger partial charge in [-0.15, -0.1) is 0 Å². The summed E-state index contributed by atoms with van der Waals surface area (Å²) in [5.74, 6) is -2.31. The van der Waals surface area contributed by atoms with Gasteiger partial charge in [0.05, 0.1) is 32.4 Å². The molecule has 0 unspecified atom stereocenters. The molecular formula is C27H25F4N5O5. The molecule has 4 N–H and O–H groups in total. The van der Waals surface area contributed by atoms with E-state index in [1.807, 2.05) is 0 Å². The molecule has 4 rings (SSSR count). The van der Waals surface area contributed by atoms with Crippen LogP contribution in [0.2, 0.25) is 0 Å². The Labute approximate surface area is 230 Å². The fourth-order valence-corrected chi connectivity index (χ4v) is 4.15. The molecule has 0 bridgehead atoms. The van der Waals surface area contributed by atoms with E-state index in [1.165, 1.54) is 48.2 Å². The Bertz CT molecular complexity index is 1590. The number of alkyl halides is 3. The molecule has 0 saturated carbocycles. The molecule has 3 aromatic heterocycles. The number of fused-ring (bicyclic) bond motifs is 1. The molecule has 0 aliphatic rings. The van der Waals surface area contributed by atoms with Gasteiger partial charge in [0.2, 0.25) is 11.5 Å². The largest absolute Gasteiger partial charge is 0.497 e. The van der Waals surface area contributed by atoms with Crippen LogP contribution in [0.25, 0.3) is 16.9 Å². The van der Waals surface area contributed by atoms with Gasteiger partial charge in [-0.2, -0.15) is 13.2 Å². The summed E-state index contributed by atoms with van der Waals surface area (Å²) >= 11 is 0. The van der Waals surface area contributed by atoms with Crippen molar-refractivity contribution in [3.05, 3.63) is 77.6 Å². The fraction of sp³-hybridized carbons (Fsp3) is 0.259. The number of nitrogens with zero attached hydrogens (tertiary/aromatic N) is 3. The minimum atomic E-state index is -5.36. The third-order valence-corrected chi connectivity index (χ3v) is 6.17. The Morgan fingerprint density at radius 3 is 2.46 bits per heavy atom. The number of halogens is 4. The van der Waals surface area contributed by atoms with E-state index in [0.717, 1.165) is 18.2 Å². The second-order valence-electron chi connectivity index (χ2n) is 8.90. The van der Waals surface area contributed by atoms with E-state index in [-0.39, 0.29) is 40.6 Å². The number of amides is 2. The van der Waals surface area contributed by atoms with E-state index < -0.39 is 48.1 Å². The van der Waals surface area contributed by atoms with Crippen molar-refractivity contribution in [2.45, 2.75) is 25.1 Å². The lowest BCUT2D eigenvalue weighted by Gasteiger charge is -2.31. The van der Waals surface area contributed by atoms with Crippen molar-refractivity contribution < 1.29 is 41.7 Å². The highest BCUT2D eigenvalue weighted by Gasteiger charge is 2.56. The van der Waals surface area contributed by atoms with Crippen molar-refractivity contribution in [2.24, 2.45) is 5.73 Å². The number of carbonyl (C=O) groups is 2. The molecule has 4 aromatic rings. The number of rotatable bonds is 10. The van der Waals surface area contributed by atoms with Crippen LogP contribution in [-0.2, 0) is 16.8 Å². The summed E-state index contributed by atoms with van der Waals surface area (Å²) in [5.41, 5.74) is 0.721. The summed E-state index contributed by atoms with van der Waals surface area (Å²) in [6.45, 7) is 0.292. The monoisotopic (exact) mass is 575 g/mol. The lowest BCUT2D eigenvalue weighted by atomic mass is 9.93. The number of pyridine rings is 2. The molecule has 41 heavy (non-hydrogen) atoms. The van der Waals surface area contributed by atoms with Crippen LogP contribution in [0.5, 0.6) is 11.5 Å². The molecule has 0 spiro atoms. The molecule has 0 radical (unpaired) electrons. The van der Waals surface area contributed by atoms with Gasteiger partial charge in [-0.1, -0.05) is 0 Å². The van der Waals surface area contributed by atoms with Crippen molar-refractivity contribution in [3.63, 3.8) is 0 Å². The first kappa shape index (κ1) is 29.3. The number of benzene rings is 1. The van der Waals surface area contributed by atoms with E-state index in [4.69, 9.17) is 15.2 Å². The quantitative estimate of drug-likeness (QED) is 0.247. The number of hydrogen-bond donors (Lipinski definition) is 3. The number of aliphatic hydroxyl groups is 1. The van der Waals surface area contributed by atoms with Gasteiger partial charge in [-0.3, -0.25) is 14.0 Å². The normalized spacial score (nSPS) is 13.0. The number of methoxy groups -OCH3 is 1. The van der Waals surface area contributed by atoms with Crippen molar-refractivity contribution >= 4 is 17.5 Å². The number of imidazole rings is 1. The van der Waals surface area contributed by atoms with Gasteiger partial charge in [0.15, 0.2) is 0 Å². The number of aromatic nitrogens is 3. The van der Waals surface area contributed by atoms with Crippen molar-refractivity contribution in [1.29, 1.82) is 0 Å². The topological polar surface area (TPSA) is 141 Å². The number of hydrogen-bond acceptors (Lipinski definition) is 7. The van der Waals surface area contributed by atoms with E-state index in [2.05, 4.69) is 15.3 Å². The van der Waals surface area contributed by atoms with Gasteiger partial charge < -0.3 is 25.6 Å². The molecular weight excluding hydrogens is 550 g/mol. The van der Waals surface area contributed by atoms with Crippen LogP contribution in [-0.4, -0.2) is 57.7 Å². The van der Waals surface area contributed by atoms with Crippen LogP contribution in [0, 0.1) is 5.82 Å². The lowest BCUT2D eigenvalue weighted by molar-refractivity contribution is -0.265. The fourth-order valence-electron chi connectivity index (χ4n) is 4.15. The average Bonchev–Trinajstić information content (AvgIpc) is 3.40. The third-order valence-electron chi connectivity index (χ3n) is 6.17. The number of primary amides is 1. The summed E-state index contributed by atoms with van der Waals surface area (Å²) in [6, 6.07) is 8.30. The Morgan fingerprint density at radius 2 is 1.85 bits per heavy atom. The van der Waals surface area contributed by atoms with Crippen molar-refractivity contribution in [2.75, 3.05) is 20.3 Å². The summed E-state index contributed by atoms with van der Waals surface area (Å²) in [5, 5.41) is 13.2. The number of nitrogens with two attached hydrogens (primary N) is 1. The van der Waals surface area contributed by atoms with Crippen LogP contribution in [0.15, 0.2) is 54.9 Å². The predicted octanol–water partition coefficient (Wildman–Crippen LogP) is 3.15. The molecule has 10 nitrogen and oxygen atoms in total. The first-order valence-electron chi connectivity index (χ1n) is 12.2. The Kier molecular flexibility index (Phi) is 8.14. The minimum Gasteiger partial charge on any atom is -0.497 e. The highest BCUT2D eigenvalue weighted by molar-refractivity contribution is 5.93. The van der Waals surface area contributed by atoms with Crippen LogP contribution < -0.4 is 20.5 Å². The highest BCUT2D eigenvalue weighted by atomic mass is 19.4. The molecule has 0 fully saturated rings. The molecule has 1 atom stereocenters. The molecule has 0 aliphatic heterocycles.